The van der Waals surface area contributed by atoms with E-state index in [9.17, 15) is 0 Å². The van der Waals surface area contributed by atoms with E-state index in [2.05, 4.69) is 36.2 Å². The van der Waals surface area contributed by atoms with Crippen molar-refractivity contribution >= 4 is 15.9 Å². The number of hydrogen-bond donors (Lipinski definition) is 1. The van der Waals surface area contributed by atoms with Crippen molar-refractivity contribution < 1.29 is 0 Å². The minimum atomic E-state index is 0.691. The predicted octanol–water partition coefficient (Wildman–Crippen LogP) is 2.55. The summed E-state index contributed by atoms with van der Waals surface area (Å²) in [6.07, 6.45) is 7.90. The van der Waals surface area contributed by atoms with Crippen LogP contribution >= 0.6 is 15.9 Å². The highest BCUT2D eigenvalue weighted by molar-refractivity contribution is 9.10. The van der Waals surface area contributed by atoms with Gasteiger partial charge in [0.05, 0.1) is 5.69 Å². The Balaban J connectivity index is 1.80. The first-order chi connectivity index (χ1) is 8.81. The highest BCUT2D eigenvalue weighted by atomic mass is 79.9. The van der Waals surface area contributed by atoms with E-state index in [0.717, 1.165) is 28.1 Å². The van der Waals surface area contributed by atoms with Gasteiger partial charge < -0.3 is 5.32 Å². The van der Waals surface area contributed by atoms with E-state index in [1.807, 2.05) is 12.1 Å². The number of rotatable bonds is 4. The van der Waals surface area contributed by atoms with Crippen LogP contribution < -0.4 is 5.32 Å². The summed E-state index contributed by atoms with van der Waals surface area (Å²) in [5.74, 6) is 0.721. The standard InChI is InChI=1S/C13H13BrN4/c14-10-5-9(6-15-7-10)13-16-4-3-12(18-13)8-17-11-1-2-11/h3-7,11,17H,1-2,8H2. The van der Waals surface area contributed by atoms with E-state index in [1.54, 1.807) is 18.6 Å². The monoisotopic (exact) mass is 304 g/mol. The Bertz CT molecular complexity index is 554. The van der Waals surface area contributed by atoms with Crippen molar-refractivity contribution in [2.45, 2.75) is 25.4 Å². The summed E-state index contributed by atoms with van der Waals surface area (Å²) < 4.78 is 0.935. The number of nitrogens with zero attached hydrogens (tertiary/aromatic N) is 3. The fourth-order valence-electron chi connectivity index (χ4n) is 1.70. The van der Waals surface area contributed by atoms with Crippen LogP contribution in [0.25, 0.3) is 11.4 Å². The molecular formula is C13H13BrN4. The van der Waals surface area contributed by atoms with Gasteiger partial charge in [0, 0.05) is 41.2 Å². The molecule has 92 valence electrons. The van der Waals surface area contributed by atoms with Gasteiger partial charge in [0.25, 0.3) is 0 Å². The van der Waals surface area contributed by atoms with Crippen LogP contribution in [0.1, 0.15) is 18.5 Å². The van der Waals surface area contributed by atoms with Crippen LogP contribution in [0.5, 0.6) is 0 Å². The first kappa shape index (κ1) is 11.7. The van der Waals surface area contributed by atoms with Gasteiger partial charge in [-0.25, -0.2) is 9.97 Å². The molecule has 0 unspecified atom stereocenters. The topological polar surface area (TPSA) is 50.7 Å². The number of nitrogens with one attached hydrogen (secondary N) is 1. The third-order valence-corrected chi connectivity index (χ3v) is 3.26. The van der Waals surface area contributed by atoms with Gasteiger partial charge in [0.15, 0.2) is 5.82 Å². The lowest BCUT2D eigenvalue weighted by Gasteiger charge is -2.04. The maximum Gasteiger partial charge on any atom is 0.161 e. The molecule has 0 aromatic carbocycles. The number of pyridine rings is 1. The lowest BCUT2D eigenvalue weighted by atomic mass is 10.2. The van der Waals surface area contributed by atoms with Gasteiger partial charge in [0.2, 0.25) is 0 Å². The summed E-state index contributed by atoms with van der Waals surface area (Å²) in [6.45, 7) is 0.807. The van der Waals surface area contributed by atoms with Gasteiger partial charge in [-0.05, 0) is 40.9 Å². The SMILES string of the molecule is Brc1cncc(-c2nccc(CNC3CC3)n2)c1. The van der Waals surface area contributed by atoms with Crippen molar-refractivity contribution in [3.05, 3.63) is 40.9 Å². The largest absolute Gasteiger partial charge is 0.308 e. The van der Waals surface area contributed by atoms with Crippen molar-refractivity contribution in [1.82, 2.24) is 20.3 Å². The summed E-state index contributed by atoms with van der Waals surface area (Å²) in [5, 5.41) is 3.45. The zero-order valence-electron chi connectivity index (χ0n) is 9.81. The average molecular weight is 305 g/mol. The van der Waals surface area contributed by atoms with Crippen molar-refractivity contribution in [3.8, 4) is 11.4 Å². The number of hydrogen-bond acceptors (Lipinski definition) is 4. The molecule has 0 bridgehead atoms. The summed E-state index contributed by atoms with van der Waals surface area (Å²) in [4.78, 5) is 13.0. The molecule has 1 saturated carbocycles. The Kier molecular flexibility index (Phi) is 3.34. The smallest absolute Gasteiger partial charge is 0.161 e. The third kappa shape index (κ3) is 2.91. The van der Waals surface area contributed by atoms with Gasteiger partial charge in [-0.15, -0.1) is 0 Å². The lowest BCUT2D eigenvalue weighted by molar-refractivity contribution is 0.673. The molecule has 0 saturated heterocycles. The van der Waals surface area contributed by atoms with Crippen LogP contribution in [-0.4, -0.2) is 21.0 Å². The van der Waals surface area contributed by atoms with Gasteiger partial charge in [0.1, 0.15) is 0 Å². The summed E-state index contributed by atoms with van der Waals surface area (Å²) in [6, 6.07) is 4.61. The van der Waals surface area contributed by atoms with E-state index in [4.69, 9.17) is 0 Å². The maximum atomic E-state index is 4.55. The Morgan fingerprint density at radius 3 is 3.00 bits per heavy atom. The Hall–Kier alpha value is -1.33. The zero-order valence-corrected chi connectivity index (χ0v) is 11.4. The molecule has 0 aliphatic heterocycles. The van der Waals surface area contributed by atoms with Crippen LogP contribution in [0.2, 0.25) is 0 Å². The van der Waals surface area contributed by atoms with Crippen LogP contribution in [0.3, 0.4) is 0 Å². The molecule has 0 radical (unpaired) electrons. The van der Waals surface area contributed by atoms with Gasteiger partial charge >= 0.3 is 0 Å². The average Bonchev–Trinajstić information content (AvgIpc) is 3.21. The Morgan fingerprint density at radius 1 is 1.33 bits per heavy atom. The van der Waals surface area contributed by atoms with Crippen molar-refractivity contribution in [2.24, 2.45) is 0 Å². The van der Waals surface area contributed by atoms with Gasteiger partial charge in [-0.1, -0.05) is 0 Å². The highest BCUT2D eigenvalue weighted by Gasteiger charge is 2.20. The molecular weight excluding hydrogens is 292 g/mol. The quantitative estimate of drug-likeness (QED) is 0.943. The molecule has 1 fully saturated rings. The minimum absolute atomic E-state index is 0.691. The van der Waals surface area contributed by atoms with Crippen LogP contribution in [-0.2, 0) is 6.54 Å². The second-order valence-electron chi connectivity index (χ2n) is 4.42. The molecule has 0 amide bonds. The number of aromatic nitrogens is 3. The van der Waals surface area contributed by atoms with E-state index >= 15 is 0 Å². The van der Waals surface area contributed by atoms with Crippen LogP contribution in [0.15, 0.2) is 35.2 Å². The first-order valence-electron chi connectivity index (χ1n) is 5.97. The highest BCUT2D eigenvalue weighted by Crippen LogP contribution is 2.20. The maximum absolute atomic E-state index is 4.55. The molecule has 2 aromatic rings. The van der Waals surface area contributed by atoms with Crippen molar-refractivity contribution in [3.63, 3.8) is 0 Å². The second-order valence-corrected chi connectivity index (χ2v) is 5.33. The second kappa shape index (κ2) is 5.12. The molecule has 5 heteroatoms. The molecule has 18 heavy (non-hydrogen) atoms. The van der Waals surface area contributed by atoms with Crippen LogP contribution in [0.4, 0.5) is 0 Å². The third-order valence-electron chi connectivity index (χ3n) is 2.83. The summed E-state index contributed by atoms with van der Waals surface area (Å²) in [7, 11) is 0. The molecule has 1 aliphatic rings. The van der Waals surface area contributed by atoms with Gasteiger partial charge in [-0.2, -0.15) is 0 Å². The summed E-state index contributed by atoms with van der Waals surface area (Å²) >= 11 is 3.41. The van der Waals surface area contributed by atoms with E-state index in [0.29, 0.717) is 6.04 Å². The minimum Gasteiger partial charge on any atom is -0.308 e. The molecule has 1 aliphatic carbocycles. The lowest BCUT2D eigenvalue weighted by Crippen LogP contribution is -2.16. The molecule has 3 rings (SSSR count). The fraction of sp³-hybridized carbons (Fsp3) is 0.308. The summed E-state index contributed by atoms with van der Waals surface area (Å²) in [5.41, 5.74) is 1.95. The molecule has 0 spiro atoms. The molecule has 4 nitrogen and oxygen atoms in total. The van der Waals surface area contributed by atoms with Gasteiger partial charge in [-0.3, -0.25) is 4.98 Å². The van der Waals surface area contributed by atoms with E-state index < -0.39 is 0 Å². The Labute approximate surface area is 114 Å². The predicted molar refractivity (Wildman–Crippen MR) is 72.8 cm³/mol. The van der Waals surface area contributed by atoms with E-state index in [-0.39, 0.29) is 0 Å². The molecule has 2 aromatic heterocycles. The van der Waals surface area contributed by atoms with E-state index in [1.165, 1.54) is 12.8 Å². The first-order valence-corrected chi connectivity index (χ1v) is 6.77. The zero-order chi connectivity index (χ0) is 12.4. The van der Waals surface area contributed by atoms with Crippen molar-refractivity contribution in [1.29, 1.82) is 0 Å². The Morgan fingerprint density at radius 2 is 2.22 bits per heavy atom. The number of halogens is 1. The molecule has 2 heterocycles. The van der Waals surface area contributed by atoms with Crippen molar-refractivity contribution in [2.75, 3.05) is 0 Å². The fourth-order valence-corrected chi connectivity index (χ4v) is 2.07. The molecule has 1 N–H and O–H groups in total. The van der Waals surface area contributed by atoms with Crippen LogP contribution in [0, 0.1) is 0 Å². The molecule has 0 atom stereocenters. The normalized spacial score (nSPS) is 14.7.